The maximum Gasteiger partial charge on any atom is 0.456 e. The number of nitrogens with zero attached hydrogens (tertiary/aromatic N) is 4. The Balaban J connectivity index is 1.46. The van der Waals surface area contributed by atoms with Gasteiger partial charge in [-0.1, -0.05) is 36.4 Å². The number of anilines is 1. The number of rotatable bonds is 10. The van der Waals surface area contributed by atoms with Crippen LogP contribution in [0.25, 0.3) is 11.2 Å². The molecule has 0 saturated carbocycles. The van der Waals surface area contributed by atoms with Crippen LogP contribution in [0.4, 0.5) is 5.82 Å². The maximum atomic E-state index is 13.9. The summed E-state index contributed by atoms with van der Waals surface area (Å²) in [7, 11) is -3.75. The van der Waals surface area contributed by atoms with Crippen LogP contribution in [0.2, 0.25) is 0 Å². The molecule has 2 aromatic carbocycles. The minimum absolute atomic E-state index is 0.121. The number of fused-ring (bicyclic) bond motifs is 1. The Morgan fingerprint density at radius 3 is 2.00 bits per heavy atom. The summed E-state index contributed by atoms with van der Waals surface area (Å²) in [4.78, 5) is 17.8. The Morgan fingerprint density at radius 1 is 0.857 bits per heavy atom. The van der Waals surface area contributed by atoms with Crippen LogP contribution < -0.4 is 19.6 Å². The molecule has 0 amide bonds. The van der Waals surface area contributed by atoms with Gasteiger partial charge in [-0.15, -0.1) is 0 Å². The Morgan fingerprint density at radius 2 is 1.43 bits per heavy atom. The largest absolute Gasteiger partial charge is 0.456 e. The fourth-order valence-electron chi connectivity index (χ4n) is 3.53. The number of aromatic nitrogens is 4. The number of aryl methyl sites for hydroxylation is 4. The standard InChI is InChI=1S/C24H28N5O5P/c1-16-7-5-8-17(2)21(16)33-35(30,34-22-18(3)9-6-10-19(22)4)15-31-11-12-32-29-14-28-20-23(25)26-13-27-24(20)29/h5-10,13-14H,11-12,15H2,1-4H3,(H2,25,26,27). The smallest absolute Gasteiger partial charge is 0.414 e. The van der Waals surface area contributed by atoms with E-state index < -0.39 is 7.60 Å². The SMILES string of the molecule is Cc1cccc(C)c1OP(=O)(COCCOn1cnc2c(N)ncnc21)Oc1c(C)cccc1C. The molecule has 0 saturated heterocycles. The van der Waals surface area contributed by atoms with Gasteiger partial charge in [-0.2, -0.15) is 4.73 Å². The van der Waals surface area contributed by atoms with Gasteiger partial charge in [0.15, 0.2) is 17.7 Å². The van der Waals surface area contributed by atoms with E-state index in [0.29, 0.717) is 22.7 Å². The highest BCUT2D eigenvalue weighted by Crippen LogP contribution is 2.51. The van der Waals surface area contributed by atoms with Crippen molar-refractivity contribution >= 4 is 24.6 Å². The summed E-state index contributed by atoms with van der Waals surface area (Å²) in [6.07, 6.45) is 2.52. The first kappa shape index (κ1) is 24.5. The van der Waals surface area contributed by atoms with Gasteiger partial charge in [0, 0.05) is 0 Å². The predicted molar refractivity (Wildman–Crippen MR) is 133 cm³/mol. The number of para-hydroxylation sites is 2. The number of nitrogen functional groups attached to an aromatic ring is 1. The zero-order valence-corrected chi connectivity index (χ0v) is 21.0. The van der Waals surface area contributed by atoms with E-state index in [-0.39, 0.29) is 25.4 Å². The van der Waals surface area contributed by atoms with E-state index in [2.05, 4.69) is 15.0 Å². The minimum Gasteiger partial charge on any atom is -0.414 e. The Labute approximate surface area is 203 Å². The molecule has 184 valence electrons. The molecule has 4 rings (SSSR count). The molecular formula is C24H28N5O5P. The highest BCUT2D eigenvalue weighted by molar-refractivity contribution is 7.54. The predicted octanol–water partition coefficient (Wildman–Crippen LogP) is 4.40. The van der Waals surface area contributed by atoms with Crippen LogP contribution in [0.15, 0.2) is 49.1 Å². The third-order valence-electron chi connectivity index (χ3n) is 5.32. The van der Waals surface area contributed by atoms with E-state index in [1.165, 1.54) is 17.4 Å². The first-order valence-corrected chi connectivity index (χ1v) is 12.8. The van der Waals surface area contributed by atoms with Crippen LogP contribution in [0.3, 0.4) is 0 Å². The Hall–Kier alpha value is -3.62. The van der Waals surface area contributed by atoms with Crippen LogP contribution in [-0.2, 0) is 9.30 Å². The first-order valence-electron chi connectivity index (χ1n) is 11.0. The van der Waals surface area contributed by atoms with Crippen LogP contribution in [0.1, 0.15) is 22.3 Å². The zero-order chi connectivity index (χ0) is 25.0. The molecule has 2 aromatic heterocycles. The van der Waals surface area contributed by atoms with Crippen molar-refractivity contribution in [1.29, 1.82) is 0 Å². The van der Waals surface area contributed by atoms with Crippen LogP contribution in [-0.4, -0.2) is 39.2 Å². The summed E-state index contributed by atoms with van der Waals surface area (Å²) in [5.74, 6) is 1.30. The van der Waals surface area contributed by atoms with Gasteiger partial charge in [-0.3, -0.25) is 0 Å². The molecule has 0 aliphatic rings. The van der Waals surface area contributed by atoms with Gasteiger partial charge in [0.2, 0.25) is 5.65 Å². The van der Waals surface area contributed by atoms with Crippen molar-refractivity contribution in [3.8, 4) is 11.5 Å². The quantitative estimate of drug-likeness (QED) is 0.251. The van der Waals surface area contributed by atoms with Gasteiger partial charge in [0.05, 0.1) is 6.61 Å². The third-order valence-corrected chi connectivity index (χ3v) is 6.74. The molecule has 10 nitrogen and oxygen atoms in total. The lowest BCUT2D eigenvalue weighted by Gasteiger charge is -2.23. The normalized spacial score (nSPS) is 11.5. The summed E-state index contributed by atoms with van der Waals surface area (Å²) < 4.78 is 33.0. The van der Waals surface area contributed by atoms with Crippen molar-refractivity contribution in [3.05, 3.63) is 71.3 Å². The zero-order valence-electron chi connectivity index (χ0n) is 20.1. The molecule has 0 atom stereocenters. The molecule has 0 aliphatic carbocycles. The molecule has 0 unspecified atom stereocenters. The number of nitrogens with two attached hydrogens (primary N) is 1. The lowest BCUT2D eigenvalue weighted by Crippen LogP contribution is -2.18. The van der Waals surface area contributed by atoms with Gasteiger partial charge in [0.1, 0.15) is 30.8 Å². The number of benzene rings is 2. The molecule has 0 spiro atoms. The van der Waals surface area contributed by atoms with Gasteiger partial charge < -0.3 is 24.4 Å². The number of hydrogen-bond acceptors (Lipinski definition) is 9. The Bertz CT molecular complexity index is 1290. The summed E-state index contributed by atoms with van der Waals surface area (Å²) in [5, 5.41) is 0. The third kappa shape index (κ3) is 5.55. The molecular weight excluding hydrogens is 469 g/mol. The van der Waals surface area contributed by atoms with Crippen molar-refractivity contribution in [2.24, 2.45) is 0 Å². The van der Waals surface area contributed by atoms with Crippen molar-refractivity contribution in [2.45, 2.75) is 27.7 Å². The average molecular weight is 497 g/mol. The van der Waals surface area contributed by atoms with E-state index in [9.17, 15) is 4.57 Å². The summed E-state index contributed by atoms with van der Waals surface area (Å²) >= 11 is 0. The molecule has 0 radical (unpaired) electrons. The molecule has 0 fully saturated rings. The van der Waals surface area contributed by atoms with Gasteiger partial charge in [0.25, 0.3) is 0 Å². The van der Waals surface area contributed by atoms with E-state index >= 15 is 0 Å². The fraction of sp³-hybridized carbons (Fsp3) is 0.292. The molecule has 0 bridgehead atoms. The van der Waals surface area contributed by atoms with E-state index in [4.69, 9.17) is 24.4 Å². The highest BCUT2D eigenvalue weighted by atomic mass is 31.2. The second-order valence-electron chi connectivity index (χ2n) is 8.11. The summed E-state index contributed by atoms with van der Waals surface area (Å²) in [6.45, 7) is 7.84. The Kier molecular flexibility index (Phi) is 7.23. The van der Waals surface area contributed by atoms with Gasteiger partial charge >= 0.3 is 7.60 Å². The van der Waals surface area contributed by atoms with Crippen LogP contribution >= 0.6 is 7.60 Å². The summed E-state index contributed by atoms with van der Waals surface area (Å²) in [6, 6.07) is 11.4. The van der Waals surface area contributed by atoms with Crippen LogP contribution in [0, 0.1) is 27.7 Å². The topological polar surface area (TPSA) is 124 Å². The highest BCUT2D eigenvalue weighted by Gasteiger charge is 2.31. The number of ether oxygens (including phenoxy) is 1. The second-order valence-corrected chi connectivity index (χ2v) is 9.95. The lowest BCUT2D eigenvalue weighted by molar-refractivity contribution is 0.0528. The molecule has 4 aromatic rings. The minimum atomic E-state index is -3.75. The van der Waals surface area contributed by atoms with E-state index in [1.54, 1.807) is 0 Å². The van der Waals surface area contributed by atoms with Gasteiger partial charge in [-0.25, -0.2) is 19.5 Å². The molecule has 2 N–H and O–H groups in total. The number of imidazole rings is 1. The number of hydrogen-bond donors (Lipinski definition) is 1. The second kappa shape index (κ2) is 10.3. The van der Waals surface area contributed by atoms with Crippen molar-refractivity contribution in [1.82, 2.24) is 19.7 Å². The molecule has 11 heteroatoms. The fourth-order valence-corrected chi connectivity index (χ4v) is 5.16. The maximum absolute atomic E-state index is 13.9. The van der Waals surface area contributed by atoms with Crippen molar-refractivity contribution < 1.29 is 23.2 Å². The molecule has 2 heterocycles. The molecule has 35 heavy (non-hydrogen) atoms. The lowest BCUT2D eigenvalue weighted by atomic mass is 10.1. The van der Waals surface area contributed by atoms with Crippen LogP contribution in [0.5, 0.6) is 11.5 Å². The summed E-state index contributed by atoms with van der Waals surface area (Å²) in [5.41, 5.74) is 10.1. The van der Waals surface area contributed by atoms with Gasteiger partial charge in [-0.05, 0) is 49.9 Å². The van der Waals surface area contributed by atoms with Crippen molar-refractivity contribution in [3.63, 3.8) is 0 Å². The van der Waals surface area contributed by atoms with Crippen molar-refractivity contribution in [2.75, 3.05) is 25.3 Å². The van der Waals surface area contributed by atoms with E-state index in [0.717, 1.165) is 22.3 Å². The average Bonchev–Trinajstić information content (AvgIpc) is 3.23. The first-order chi connectivity index (χ1) is 16.8. The molecule has 0 aliphatic heterocycles. The monoisotopic (exact) mass is 497 g/mol. The van der Waals surface area contributed by atoms with E-state index in [1.807, 2.05) is 64.1 Å².